The van der Waals surface area contributed by atoms with Crippen LogP contribution in [0, 0.1) is 0 Å². The molecule has 0 aromatic heterocycles. The van der Waals surface area contributed by atoms with E-state index in [4.69, 9.17) is 9.47 Å². The number of ether oxygens (including phenoxy) is 2. The number of carbonyl (C=O) groups excluding carboxylic acids is 3. The summed E-state index contributed by atoms with van der Waals surface area (Å²) in [4.78, 5) is 40.2. The normalized spacial score (nSPS) is 18.3. The molecule has 3 aromatic rings. The first-order valence-corrected chi connectivity index (χ1v) is 15.4. The van der Waals surface area contributed by atoms with Crippen LogP contribution in [0.2, 0.25) is 0 Å². The quantitative estimate of drug-likeness (QED) is 0.151. The Morgan fingerprint density at radius 3 is 2.02 bits per heavy atom. The van der Waals surface area contributed by atoms with Gasteiger partial charge in [-0.3, -0.25) is 14.5 Å². The molecule has 0 radical (unpaired) electrons. The fraction of sp³-hybridized carbons (Fsp3) is 0.207. The van der Waals surface area contributed by atoms with Gasteiger partial charge in [0.2, 0.25) is 0 Å². The standard InChI is InChI=1S/C29H23F3N2O8S2/c30-29(31,32)44(38,39)42-21-17-43-27-23(33-22(35)16-40-20-14-8-3-9-15-20)26(36)34(27)24(21)28(37)41-25(18-10-4-1-5-11-18)19-12-6-2-7-13-19/h1-15,23,25,27H,16-17H2,(H,33,35)/t23?,27-/m1/s1. The Balaban J connectivity index is 1.42. The number of benzene rings is 3. The van der Waals surface area contributed by atoms with Gasteiger partial charge >= 0.3 is 21.6 Å². The van der Waals surface area contributed by atoms with Crippen molar-refractivity contribution in [1.82, 2.24) is 10.2 Å². The first-order chi connectivity index (χ1) is 21.0. The van der Waals surface area contributed by atoms with Gasteiger partial charge in [-0.25, -0.2) is 4.79 Å². The predicted molar refractivity (Wildman–Crippen MR) is 151 cm³/mol. The minimum atomic E-state index is -6.20. The molecule has 1 saturated heterocycles. The fourth-order valence-electron chi connectivity index (χ4n) is 4.45. The topological polar surface area (TPSA) is 128 Å². The van der Waals surface area contributed by atoms with E-state index in [1.807, 2.05) is 0 Å². The van der Waals surface area contributed by atoms with Crippen LogP contribution in [0.25, 0.3) is 0 Å². The molecule has 3 aromatic carbocycles. The summed E-state index contributed by atoms with van der Waals surface area (Å²) < 4.78 is 79.0. The zero-order chi connectivity index (χ0) is 31.5. The van der Waals surface area contributed by atoms with Crippen LogP contribution in [0.5, 0.6) is 5.75 Å². The molecule has 10 nitrogen and oxygen atoms in total. The number of thioether (sulfide) groups is 1. The van der Waals surface area contributed by atoms with Crippen molar-refractivity contribution >= 4 is 39.7 Å². The van der Waals surface area contributed by atoms with Gasteiger partial charge in [0.25, 0.3) is 11.8 Å². The molecule has 0 bridgehead atoms. The van der Waals surface area contributed by atoms with Gasteiger partial charge in [-0.05, 0) is 23.3 Å². The van der Waals surface area contributed by atoms with Crippen molar-refractivity contribution < 1.29 is 49.6 Å². The Kier molecular flexibility index (Phi) is 8.87. The number of β-lactam (4-membered cyclic amide) rings is 1. The fourth-order valence-corrected chi connectivity index (χ4v) is 6.28. The first-order valence-electron chi connectivity index (χ1n) is 12.9. The molecule has 15 heteroatoms. The smallest absolute Gasteiger partial charge is 0.484 e. The molecular formula is C29H23F3N2O8S2. The highest BCUT2D eigenvalue weighted by molar-refractivity contribution is 8.00. The van der Waals surface area contributed by atoms with Crippen LogP contribution in [0.1, 0.15) is 17.2 Å². The van der Waals surface area contributed by atoms with E-state index in [9.17, 15) is 36.0 Å². The van der Waals surface area contributed by atoms with Crippen LogP contribution in [-0.4, -0.2) is 60.4 Å². The lowest BCUT2D eigenvalue weighted by Gasteiger charge is -2.49. The molecular weight excluding hydrogens is 625 g/mol. The van der Waals surface area contributed by atoms with E-state index >= 15 is 0 Å². The van der Waals surface area contributed by atoms with Gasteiger partial charge in [-0.15, -0.1) is 11.8 Å². The highest BCUT2D eigenvalue weighted by Gasteiger charge is 2.57. The van der Waals surface area contributed by atoms with Crippen molar-refractivity contribution in [3.63, 3.8) is 0 Å². The molecule has 5 rings (SSSR count). The average Bonchev–Trinajstić information content (AvgIpc) is 3.01. The maximum Gasteiger partial charge on any atom is 0.534 e. The molecule has 0 aliphatic carbocycles. The lowest BCUT2D eigenvalue weighted by atomic mass is 10.0. The largest absolute Gasteiger partial charge is 0.534 e. The molecule has 2 amide bonds. The Bertz CT molecular complexity index is 1630. The Hall–Kier alpha value is -4.50. The lowest BCUT2D eigenvalue weighted by molar-refractivity contribution is -0.155. The van der Waals surface area contributed by atoms with Gasteiger partial charge in [0.1, 0.15) is 17.2 Å². The van der Waals surface area contributed by atoms with Gasteiger partial charge in [-0.2, -0.15) is 21.6 Å². The van der Waals surface area contributed by atoms with E-state index in [2.05, 4.69) is 9.50 Å². The van der Waals surface area contributed by atoms with Gasteiger partial charge in [0, 0.05) is 0 Å². The lowest BCUT2D eigenvalue weighted by Crippen LogP contribution is -2.71. The molecule has 230 valence electrons. The molecule has 1 unspecified atom stereocenters. The minimum Gasteiger partial charge on any atom is -0.484 e. The molecule has 1 fully saturated rings. The molecule has 44 heavy (non-hydrogen) atoms. The maximum absolute atomic E-state index is 13.7. The zero-order valence-corrected chi connectivity index (χ0v) is 24.1. The number of carbonyl (C=O) groups is 3. The molecule has 2 aliphatic rings. The second-order valence-corrected chi connectivity index (χ2v) is 12.1. The number of hydrogen-bond donors (Lipinski definition) is 1. The summed E-state index contributed by atoms with van der Waals surface area (Å²) in [5, 5.41) is 1.51. The van der Waals surface area contributed by atoms with E-state index in [0.717, 1.165) is 16.7 Å². The molecule has 2 aliphatic heterocycles. The summed E-state index contributed by atoms with van der Waals surface area (Å²) in [6.07, 6.45) is -1.08. The second kappa shape index (κ2) is 12.6. The molecule has 0 saturated carbocycles. The highest BCUT2D eigenvalue weighted by Crippen LogP contribution is 2.43. The number of nitrogens with one attached hydrogen (secondary N) is 1. The van der Waals surface area contributed by atoms with Crippen molar-refractivity contribution in [2.75, 3.05) is 12.4 Å². The number of esters is 1. The minimum absolute atomic E-state index is 0.406. The van der Waals surface area contributed by atoms with Crippen LogP contribution in [0.4, 0.5) is 13.2 Å². The van der Waals surface area contributed by atoms with Gasteiger partial charge in [0.05, 0.1) is 5.75 Å². The third kappa shape index (κ3) is 6.53. The number of fused-ring (bicyclic) bond motifs is 1. The third-order valence-electron chi connectivity index (χ3n) is 6.48. The molecule has 1 N–H and O–H groups in total. The summed E-state index contributed by atoms with van der Waals surface area (Å²) in [6, 6.07) is 24.0. The number of rotatable bonds is 10. The number of halogens is 3. The van der Waals surface area contributed by atoms with Gasteiger partial charge in [0.15, 0.2) is 24.2 Å². The van der Waals surface area contributed by atoms with Crippen molar-refractivity contribution in [3.8, 4) is 5.75 Å². The van der Waals surface area contributed by atoms with Crippen LogP contribution >= 0.6 is 11.8 Å². The number of amides is 2. The van der Waals surface area contributed by atoms with E-state index in [1.165, 1.54) is 0 Å². The predicted octanol–water partition coefficient (Wildman–Crippen LogP) is 3.88. The SMILES string of the molecule is O=C(COc1ccccc1)NC1C(=O)N2C(C(=O)OC(c3ccccc3)c3ccccc3)=C(OS(=O)(=O)C(F)(F)F)CS[C@H]12. The highest BCUT2D eigenvalue weighted by atomic mass is 32.2. The van der Waals surface area contributed by atoms with Crippen LogP contribution in [0.3, 0.4) is 0 Å². The van der Waals surface area contributed by atoms with E-state index in [-0.39, 0.29) is 0 Å². The van der Waals surface area contributed by atoms with E-state index < -0.39 is 74.7 Å². The monoisotopic (exact) mass is 648 g/mol. The van der Waals surface area contributed by atoms with Crippen molar-refractivity contribution in [3.05, 3.63) is 114 Å². The number of hydrogen-bond acceptors (Lipinski definition) is 9. The summed E-state index contributed by atoms with van der Waals surface area (Å²) >= 11 is 0.801. The molecule has 0 spiro atoms. The van der Waals surface area contributed by atoms with E-state index in [1.54, 1.807) is 91.0 Å². The van der Waals surface area contributed by atoms with Crippen LogP contribution in [-0.2, 0) is 33.4 Å². The maximum atomic E-state index is 13.7. The van der Waals surface area contributed by atoms with E-state index in [0.29, 0.717) is 16.9 Å². The van der Waals surface area contributed by atoms with Crippen molar-refractivity contribution in [2.45, 2.75) is 23.0 Å². The summed E-state index contributed by atoms with van der Waals surface area (Å²) in [7, 11) is -6.20. The Labute approximate surface area is 253 Å². The van der Waals surface area contributed by atoms with Crippen LogP contribution in [0.15, 0.2) is 102 Å². The molecule has 2 atom stereocenters. The summed E-state index contributed by atoms with van der Waals surface area (Å²) in [5.41, 5.74) is -5.62. The first kappa shape index (κ1) is 30.9. The zero-order valence-electron chi connectivity index (χ0n) is 22.5. The van der Waals surface area contributed by atoms with Gasteiger partial charge < -0.3 is 19.0 Å². The number of nitrogens with zero attached hydrogens (tertiary/aromatic N) is 1. The van der Waals surface area contributed by atoms with Crippen molar-refractivity contribution in [1.29, 1.82) is 0 Å². The Morgan fingerprint density at radius 1 is 0.932 bits per heavy atom. The van der Waals surface area contributed by atoms with Crippen molar-refractivity contribution in [2.24, 2.45) is 0 Å². The number of para-hydroxylation sites is 1. The van der Waals surface area contributed by atoms with Crippen LogP contribution < -0.4 is 10.1 Å². The Morgan fingerprint density at radius 2 is 1.48 bits per heavy atom. The van der Waals surface area contributed by atoms with Gasteiger partial charge in [-0.1, -0.05) is 78.9 Å². The summed E-state index contributed by atoms with van der Waals surface area (Å²) in [6.45, 7) is -0.441. The number of alkyl halides is 3. The molecule has 2 heterocycles. The third-order valence-corrected chi connectivity index (χ3v) is 8.72. The average molecular weight is 649 g/mol. The second-order valence-electron chi connectivity index (χ2n) is 9.42. The summed E-state index contributed by atoms with van der Waals surface area (Å²) in [5.74, 6) is -3.94.